The molecule has 0 saturated heterocycles. The molecule has 3 aromatic rings. The smallest absolute Gasteiger partial charge is 0.321 e. The molecule has 0 aliphatic carbocycles. The second-order valence-corrected chi connectivity index (χ2v) is 8.81. The van der Waals surface area contributed by atoms with Crippen LogP contribution in [0.5, 0.6) is 0 Å². The maximum atomic E-state index is 12.0. The molecule has 0 bridgehead atoms. The minimum Gasteiger partial charge on any atom is -0.321 e. The summed E-state index contributed by atoms with van der Waals surface area (Å²) in [7, 11) is -9.54. The third-order valence-corrected chi connectivity index (χ3v) is 5.93. The fraction of sp³-hybridized carbons (Fsp3) is 0. The first-order chi connectivity index (χ1) is 12.2. The molecule has 4 N–H and O–H groups in total. The predicted molar refractivity (Wildman–Crippen MR) is 101 cm³/mol. The first-order valence-corrected chi connectivity index (χ1v) is 10.8. The van der Waals surface area contributed by atoms with Gasteiger partial charge in [-0.2, -0.15) is 0 Å². The zero-order valence-electron chi connectivity index (χ0n) is 13.4. The Kier molecular flexibility index (Phi) is 5.00. The largest absolute Gasteiger partial charge is 0.356 e. The first-order valence-electron chi connectivity index (χ1n) is 7.59. The van der Waals surface area contributed by atoms with E-state index in [0.717, 1.165) is 5.56 Å². The van der Waals surface area contributed by atoms with Gasteiger partial charge in [-0.25, -0.2) is 0 Å². The quantitative estimate of drug-likeness (QED) is 0.509. The van der Waals surface area contributed by atoms with Crippen molar-refractivity contribution in [2.45, 2.75) is 0 Å². The molecule has 6 nitrogen and oxygen atoms in total. The third kappa shape index (κ3) is 3.71. The Morgan fingerprint density at radius 3 is 1.50 bits per heavy atom. The highest BCUT2D eigenvalue weighted by atomic mass is 31.2. The van der Waals surface area contributed by atoms with Crippen LogP contribution in [0.15, 0.2) is 72.8 Å². The summed E-state index contributed by atoms with van der Waals surface area (Å²) in [5, 5.41) is -0.830. The van der Waals surface area contributed by atoms with Crippen LogP contribution in [0.1, 0.15) is 0 Å². The minimum absolute atomic E-state index is 0.131. The number of benzene rings is 3. The van der Waals surface area contributed by atoms with Gasteiger partial charge < -0.3 is 19.6 Å². The van der Waals surface area contributed by atoms with E-state index in [-0.39, 0.29) is 5.56 Å². The van der Waals surface area contributed by atoms with Crippen molar-refractivity contribution in [1.29, 1.82) is 0 Å². The lowest BCUT2D eigenvalue weighted by Crippen LogP contribution is -2.19. The minimum atomic E-state index is -4.77. The van der Waals surface area contributed by atoms with Crippen molar-refractivity contribution in [2.24, 2.45) is 0 Å². The molecule has 0 unspecified atom stereocenters. The van der Waals surface area contributed by atoms with Crippen molar-refractivity contribution < 1.29 is 28.7 Å². The Bertz CT molecular complexity index is 996. The number of rotatable bonds is 4. The van der Waals surface area contributed by atoms with E-state index in [0.29, 0.717) is 11.1 Å². The van der Waals surface area contributed by atoms with Crippen LogP contribution in [-0.4, -0.2) is 19.6 Å². The van der Waals surface area contributed by atoms with Crippen LogP contribution in [0, 0.1) is 0 Å². The van der Waals surface area contributed by atoms with Gasteiger partial charge >= 0.3 is 15.2 Å². The Hall–Kier alpha value is -2.04. The zero-order valence-corrected chi connectivity index (χ0v) is 15.2. The third-order valence-electron chi connectivity index (χ3n) is 3.93. The number of hydrogen-bond acceptors (Lipinski definition) is 2. The van der Waals surface area contributed by atoms with E-state index in [1.165, 1.54) is 18.2 Å². The van der Waals surface area contributed by atoms with Gasteiger partial charge in [0.2, 0.25) is 0 Å². The summed E-state index contributed by atoms with van der Waals surface area (Å²) in [6, 6.07) is 19.4. The van der Waals surface area contributed by atoms with Crippen molar-refractivity contribution in [1.82, 2.24) is 0 Å². The molecular weight excluding hydrogens is 374 g/mol. The van der Waals surface area contributed by atoms with E-state index >= 15 is 0 Å². The van der Waals surface area contributed by atoms with Gasteiger partial charge in [-0.1, -0.05) is 60.7 Å². The maximum absolute atomic E-state index is 12.0. The molecule has 0 aromatic heterocycles. The van der Waals surface area contributed by atoms with Crippen LogP contribution in [0.4, 0.5) is 0 Å². The lowest BCUT2D eigenvalue weighted by Gasteiger charge is -2.19. The van der Waals surface area contributed by atoms with Crippen molar-refractivity contribution in [3.8, 4) is 22.3 Å². The molecule has 0 atom stereocenters. The molecular formula is C18H16O6P2. The number of hydrogen-bond donors (Lipinski definition) is 4. The molecule has 0 saturated carbocycles. The Morgan fingerprint density at radius 1 is 0.538 bits per heavy atom. The molecule has 0 radical (unpaired) electrons. The summed E-state index contributed by atoms with van der Waals surface area (Å²) in [6.07, 6.45) is 0. The van der Waals surface area contributed by atoms with Gasteiger partial charge in [0.05, 0.1) is 10.6 Å². The highest BCUT2D eigenvalue weighted by Crippen LogP contribution is 2.44. The van der Waals surface area contributed by atoms with Crippen LogP contribution in [0.25, 0.3) is 22.3 Å². The van der Waals surface area contributed by atoms with Crippen molar-refractivity contribution >= 4 is 25.8 Å². The van der Waals surface area contributed by atoms with Gasteiger partial charge in [-0.05, 0) is 28.8 Å². The van der Waals surface area contributed by atoms with Crippen molar-refractivity contribution in [3.63, 3.8) is 0 Å². The predicted octanol–water partition coefficient (Wildman–Crippen LogP) is 2.63. The van der Waals surface area contributed by atoms with Gasteiger partial charge in [0, 0.05) is 5.56 Å². The van der Waals surface area contributed by atoms with Crippen LogP contribution in [0.2, 0.25) is 0 Å². The van der Waals surface area contributed by atoms with Crippen LogP contribution >= 0.6 is 15.2 Å². The lowest BCUT2D eigenvalue weighted by molar-refractivity contribution is 0.386. The lowest BCUT2D eigenvalue weighted by atomic mass is 9.94. The molecule has 0 aliphatic heterocycles. The normalized spacial score (nSPS) is 12.2. The molecule has 8 heteroatoms. The maximum Gasteiger partial charge on any atom is 0.356 e. The van der Waals surface area contributed by atoms with Crippen LogP contribution in [-0.2, 0) is 9.13 Å². The van der Waals surface area contributed by atoms with Gasteiger partial charge in [0.25, 0.3) is 0 Å². The van der Waals surface area contributed by atoms with Crippen molar-refractivity contribution in [3.05, 3.63) is 72.8 Å². The SMILES string of the molecule is O=P(O)(O)c1cccc(P(=O)(O)O)c1-c1ccccc1-c1ccccc1. The van der Waals surface area contributed by atoms with E-state index in [1.807, 2.05) is 30.3 Å². The summed E-state index contributed by atoms with van der Waals surface area (Å²) in [4.78, 5) is 39.0. The second-order valence-electron chi connectivity index (χ2n) is 5.67. The average molecular weight is 390 g/mol. The molecule has 0 amide bonds. The summed E-state index contributed by atoms with van der Waals surface area (Å²) >= 11 is 0. The molecule has 3 aromatic carbocycles. The summed E-state index contributed by atoms with van der Waals surface area (Å²) < 4.78 is 24.0. The van der Waals surface area contributed by atoms with E-state index in [9.17, 15) is 28.7 Å². The second kappa shape index (κ2) is 6.93. The summed E-state index contributed by atoms with van der Waals surface area (Å²) in [5.74, 6) is 0. The first kappa shape index (κ1) is 18.7. The molecule has 134 valence electrons. The summed E-state index contributed by atoms with van der Waals surface area (Å²) in [5.41, 5.74) is 1.59. The Morgan fingerprint density at radius 2 is 1.00 bits per heavy atom. The van der Waals surface area contributed by atoms with Gasteiger partial charge in [0.1, 0.15) is 0 Å². The highest BCUT2D eigenvalue weighted by Gasteiger charge is 2.31. The van der Waals surface area contributed by atoms with Gasteiger partial charge in [0.15, 0.2) is 0 Å². The molecule has 0 spiro atoms. The topological polar surface area (TPSA) is 115 Å². The Balaban J connectivity index is 2.42. The van der Waals surface area contributed by atoms with Crippen LogP contribution < -0.4 is 10.6 Å². The fourth-order valence-electron chi connectivity index (χ4n) is 2.86. The fourth-order valence-corrected chi connectivity index (χ4v) is 4.57. The van der Waals surface area contributed by atoms with Gasteiger partial charge in [-0.3, -0.25) is 9.13 Å². The van der Waals surface area contributed by atoms with E-state index in [4.69, 9.17) is 0 Å². The van der Waals surface area contributed by atoms with Crippen molar-refractivity contribution in [2.75, 3.05) is 0 Å². The molecule has 0 aliphatic rings. The highest BCUT2D eigenvalue weighted by molar-refractivity contribution is 7.62. The monoisotopic (exact) mass is 390 g/mol. The molecule has 26 heavy (non-hydrogen) atoms. The summed E-state index contributed by atoms with van der Waals surface area (Å²) in [6.45, 7) is 0. The standard InChI is InChI=1S/C18H16O6P2/c19-25(20,21)16-11-6-12-17(26(22,23)24)18(16)15-10-5-4-9-14(15)13-7-2-1-3-8-13/h1-12H,(H2,19,20,21)(H2,22,23,24). The molecule has 0 heterocycles. The van der Waals surface area contributed by atoms with E-state index in [1.54, 1.807) is 24.3 Å². The molecule has 0 fully saturated rings. The van der Waals surface area contributed by atoms with Crippen LogP contribution in [0.3, 0.4) is 0 Å². The Labute approximate surface area is 150 Å². The molecule has 3 rings (SSSR count). The average Bonchev–Trinajstić information content (AvgIpc) is 2.60. The van der Waals surface area contributed by atoms with E-state index in [2.05, 4.69) is 0 Å². The zero-order chi connectivity index (χ0) is 18.9. The van der Waals surface area contributed by atoms with Gasteiger partial charge in [-0.15, -0.1) is 0 Å². The van der Waals surface area contributed by atoms with E-state index < -0.39 is 25.8 Å².